The van der Waals surface area contributed by atoms with E-state index in [0.717, 1.165) is 68.1 Å². The van der Waals surface area contributed by atoms with Gasteiger partial charge < -0.3 is 23.5 Å². The first kappa shape index (κ1) is 43.6. The van der Waals surface area contributed by atoms with Crippen LogP contribution in [0.1, 0.15) is 109 Å². The normalized spacial score (nSPS) is 19.3. The maximum absolute atomic E-state index is 6.52. The molecule has 72 heavy (non-hydrogen) atoms. The van der Waals surface area contributed by atoms with Crippen LogP contribution in [-0.4, -0.2) is 12.3 Å². The van der Waals surface area contributed by atoms with E-state index in [1.165, 1.54) is 91.2 Å². The number of aryl methyl sites for hydroxylation is 2. The second kappa shape index (κ2) is 14.7. The average molecular weight is 940 g/mol. The number of fused-ring (bicyclic) bond motifs is 13. The third-order valence-corrected chi connectivity index (χ3v) is 17.8. The molecular weight excluding hydrogens is 878 g/mol. The van der Waals surface area contributed by atoms with Crippen LogP contribution in [0.3, 0.4) is 0 Å². The number of nitrogens with zero attached hydrogens (tertiary/aromatic N) is 3. The van der Waals surface area contributed by atoms with Gasteiger partial charge in [-0.25, -0.2) is 0 Å². The molecule has 0 saturated heterocycles. The Morgan fingerprint density at radius 3 is 1.50 bits per heavy atom. The van der Waals surface area contributed by atoms with Crippen molar-refractivity contribution < 1.29 is 8.83 Å². The number of para-hydroxylation sites is 2. The summed E-state index contributed by atoms with van der Waals surface area (Å²) >= 11 is 0. The first-order valence-electron chi connectivity index (χ1n) is 26.3. The Bertz CT molecular complexity index is 3750. The zero-order chi connectivity index (χ0) is 49.4. The number of anilines is 8. The van der Waals surface area contributed by atoms with Gasteiger partial charge >= 0.3 is 0 Å². The molecule has 10 aromatic rings. The van der Waals surface area contributed by atoms with Gasteiger partial charge in [0.05, 0.1) is 5.54 Å². The van der Waals surface area contributed by atoms with E-state index in [1.807, 2.05) is 0 Å². The third kappa shape index (κ3) is 5.95. The van der Waals surface area contributed by atoms with Crippen LogP contribution in [-0.2, 0) is 16.2 Å². The van der Waals surface area contributed by atoms with Gasteiger partial charge in [-0.15, -0.1) is 0 Å². The SMILES string of the molecule is Cc1cc(C)c2c(c1)N(c1cc3c4c(c1)N(c1ccc5oc6ccccc6c5c1)c1cc(C(C)(C)C)ccc1B4c1ccc(C(C)(C)C)cc1N3c1ccc3oc4ccccc4c3c1)C1(C)CCCCC21C. The highest BCUT2D eigenvalue weighted by Gasteiger charge is 2.59. The van der Waals surface area contributed by atoms with Crippen LogP contribution >= 0.6 is 0 Å². The van der Waals surface area contributed by atoms with Crippen molar-refractivity contribution in [2.24, 2.45) is 0 Å². The van der Waals surface area contributed by atoms with Gasteiger partial charge in [0.15, 0.2) is 0 Å². The lowest BCUT2D eigenvalue weighted by Crippen LogP contribution is -2.61. The van der Waals surface area contributed by atoms with Crippen molar-refractivity contribution >= 4 is 112 Å². The van der Waals surface area contributed by atoms with Crippen LogP contribution in [0.4, 0.5) is 45.5 Å². The highest BCUT2D eigenvalue weighted by molar-refractivity contribution is 7.00. The molecule has 0 N–H and O–H groups in total. The van der Waals surface area contributed by atoms with E-state index in [1.54, 1.807) is 0 Å². The highest BCUT2D eigenvalue weighted by atomic mass is 16.3. The lowest BCUT2D eigenvalue weighted by Gasteiger charge is -2.51. The first-order valence-corrected chi connectivity index (χ1v) is 26.3. The summed E-state index contributed by atoms with van der Waals surface area (Å²) in [5.41, 5.74) is 23.7. The van der Waals surface area contributed by atoms with Crippen molar-refractivity contribution in [3.05, 3.63) is 173 Å². The molecule has 0 bridgehead atoms. The van der Waals surface area contributed by atoms with Crippen molar-refractivity contribution in [2.75, 3.05) is 14.7 Å². The average Bonchev–Trinajstić information content (AvgIpc) is 3.98. The van der Waals surface area contributed by atoms with Crippen molar-refractivity contribution in [1.29, 1.82) is 0 Å². The van der Waals surface area contributed by atoms with Crippen molar-refractivity contribution in [3.8, 4) is 0 Å². The summed E-state index contributed by atoms with van der Waals surface area (Å²) in [6, 6.07) is 55.5. The Labute approximate surface area is 424 Å². The van der Waals surface area contributed by atoms with Gasteiger partial charge in [-0.1, -0.05) is 128 Å². The van der Waals surface area contributed by atoms with Crippen LogP contribution in [0.25, 0.3) is 43.9 Å². The van der Waals surface area contributed by atoms with Crippen LogP contribution in [0.15, 0.2) is 154 Å². The molecule has 1 saturated carbocycles. The van der Waals surface area contributed by atoms with E-state index in [9.17, 15) is 0 Å². The molecule has 6 heteroatoms. The van der Waals surface area contributed by atoms with Crippen LogP contribution in [0.2, 0.25) is 0 Å². The summed E-state index contributed by atoms with van der Waals surface area (Å²) in [7, 11) is 0. The monoisotopic (exact) mass is 939 g/mol. The third-order valence-electron chi connectivity index (χ3n) is 17.8. The van der Waals surface area contributed by atoms with Gasteiger partial charge in [0.1, 0.15) is 22.3 Å². The molecule has 8 aromatic carbocycles. The zero-order valence-corrected chi connectivity index (χ0v) is 43.4. The van der Waals surface area contributed by atoms with E-state index < -0.39 is 0 Å². The fourth-order valence-electron chi connectivity index (χ4n) is 14.1. The van der Waals surface area contributed by atoms with Gasteiger partial charge in [-0.2, -0.15) is 0 Å². The molecule has 2 atom stereocenters. The van der Waals surface area contributed by atoms with Gasteiger partial charge in [-0.3, -0.25) is 0 Å². The van der Waals surface area contributed by atoms with E-state index in [-0.39, 0.29) is 28.5 Å². The summed E-state index contributed by atoms with van der Waals surface area (Å²) in [5.74, 6) is 0. The zero-order valence-electron chi connectivity index (χ0n) is 43.4. The minimum atomic E-state index is -0.163. The molecule has 2 aromatic heterocycles. The maximum atomic E-state index is 6.52. The molecule has 2 unspecified atom stereocenters. The molecule has 0 amide bonds. The first-order chi connectivity index (χ1) is 34.5. The van der Waals surface area contributed by atoms with Gasteiger partial charge in [0, 0.05) is 72.5 Å². The van der Waals surface area contributed by atoms with E-state index in [0.29, 0.717) is 0 Å². The summed E-state index contributed by atoms with van der Waals surface area (Å²) < 4.78 is 13.0. The van der Waals surface area contributed by atoms with E-state index in [4.69, 9.17) is 8.83 Å². The molecule has 3 aliphatic heterocycles. The predicted octanol–water partition coefficient (Wildman–Crippen LogP) is 16.5. The number of benzene rings is 8. The lowest BCUT2D eigenvalue weighted by atomic mass is 9.33. The minimum Gasteiger partial charge on any atom is -0.456 e. The Morgan fingerprint density at radius 2 is 0.972 bits per heavy atom. The Morgan fingerprint density at radius 1 is 0.472 bits per heavy atom. The number of furan rings is 2. The number of rotatable bonds is 3. The quantitative estimate of drug-likeness (QED) is 0.165. The molecular formula is C66H62BN3O2. The Kier molecular flexibility index (Phi) is 8.91. The number of hydrogen-bond acceptors (Lipinski definition) is 5. The second-order valence-corrected chi connectivity index (χ2v) is 24.2. The molecule has 0 spiro atoms. The van der Waals surface area contributed by atoms with Crippen molar-refractivity contribution in [1.82, 2.24) is 0 Å². The fourth-order valence-corrected chi connectivity index (χ4v) is 14.1. The van der Waals surface area contributed by atoms with Gasteiger partial charge in [0.25, 0.3) is 6.71 Å². The highest BCUT2D eigenvalue weighted by Crippen LogP contribution is 2.63. The molecule has 1 fully saturated rings. The lowest BCUT2D eigenvalue weighted by molar-refractivity contribution is 0.194. The smallest absolute Gasteiger partial charge is 0.252 e. The standard InChI is InChI=1S/C66H62BN3O2/c1-39-31-40(2)61-54(32-39)70(66(10)30-16-15-29-65(61,66)9)45-37-55-62-56(38-45)69(44-24-28-60-49(36-44)47-18-12-14-20-58(47)72-60)53-34-42(64(6,7)8)22-26-51(53)67(62)50-25-21-41(63(3,4)5)33-52(50)68(55)43-23-27-59-48(35-43)46-17-11-13-19-57(46)71-59/h11-14,17-28,31-38H,15-16,29-30H2,1-10H3. The predicted molar refractivity (Wildman–Crippen MR) is 305 cm³/mol. The molecule has 356 valence electrons. The fraction of sp³-hybridized carbons (Fsp3) is 0.273. The van der Waals surface area contributed by atoms with Crippen LogP contribution < -0.4 is 31.1 Å². The topological polar surface area (TPSA) is 36.0 Å². The maximum Gasteiger partial charge on any atom is 0.252 e. The summed E-state index contributed by atoms with van der Waals surface area (Å²) in [5, 5.41) is 4.50. The summed E-state index contributed by atoms with van der Waals surface area (Å²) in [4.78, 5) is 8.04. The molecule has 4 aliphatic rings. The summed E-state index contributed by atoms with van der Waals surface area (Å²) in [6.45, 7) is 23.8. The molecule has 5 nitrogen and oxygen atoms in total. The van der Waals surface area contributed by atoms with Crippen LogP contribution in [0, 0.1) is 13.8 Å². The molecule has 14 rings (SSSR count). The van der Waals surface area contributed by atoms with Crippen molar-refractivity contribution in [2.45, 2.75) is 117 Å². The molecule has 5 heterocycles. The van der Waals surface area contributed by atoms with E-state index in [2.05, 4.69) is 230 Å². The summed E-state index contributed by atoms with van der Waals surface area (Å²) in [6.07, 6.45) is 4.72. The van der Waals surface area contributed by atoms with Gasteiger partial charge in [0.2, 0.25) is 0 Å². The Hall–Kier alpha value is -7.18. The van der Waals surface area contributed by atoms with Crippen LogP contribution in [0.5, 0.6) is 0 Å². The molecule has 1 aliphatic carbocycles. The minimum absolute atomic E-state index is 0.0312. The van der Waals surface area contributed by atoms with Gasteiger partial charge in [-0.05, 0) is 168 Å². The van der Waals surface area contributed by atoms with E-state index >= 15 is 0 Å². The largest absolute Gasteiger partial charge is 0.456 e. The Balaban J connectivity index is 1.13. The number of hydrogen-bond donors (Lipinski definition) is 0. The molecule has 0 radical (unpaired) electrons. The second-order valence-electron chi connectivity index (χ2n) is 24.2. The van der Waals surface area contributed by atoms with Crippen molar-refractivity contribution in [3.63, 3.8) is 0 Å².